The van der Waals surface area contributed by atoms with Crippen molar-refractivity contribution in [3.8, 4) is 0 Å². The van der Waals surface area contributed by atoms with Crippen LogP contribution < -0.4 is 11.1 Å². The summed E-state index contributed by atoms with van der Waals surface area (Å²) in [5.41, 5.74) is 4.60. The van der Waals surface area contributed by atoms with Gasteiger partial charge in [-0.1, -0.05) is 39.5 Å². The first-order valence-corrected chi connectivity index (χ1v) is 7.81. The Kier molecular flexibility index (Phi) is 7.32. The number of ether oxygens (including phenoxy) is 2. The van der Waals surface area contributed by atoms with E-state index in [2.05, 4.69) is 5.32 Å². The summed E-state index contributed by atoms with van der Waals surface area (Å²) in [6, 6.07) is 0.227. The molecule has 3 N–H and O–H groups in total. The maximum absolute atomic E-state index is 11.8. The molecule has 1 fully saturated rings. The molecule has 1 saturated carbocycles. The van der Waals surface area contributed by atoms with Gasteiger partial charge in [0.15, 0.2) is 0 Å². The summed E-state index contributed by atoms with van der Waals surface area (Å²) >= 11 is 0. The van der Waals surface area contributed by atoms with Gasteiger partial charge in [-0.3, -0.25) is 0 Å². The highest BCUT2D eigenvalue weighted by Gasteiger charge is 2.28. The second kappa shape index (κ2) is 8.74. The molecule has 0 aliphatic heterocycles. The van der Waals surface area contributed by atoms with Crippen LogP contribution in [0.3, 0.4) is 0 Å². The molecule has 0 bridgehead atoms. The molecule has 1 aliphatic rings. The molecule has 0 aromatic rings. The largest absolute Gasteiger partial charge is 0.449 e. The summed E-state index contributed by atoms with van der Waals surface area (Å²) in [6.45, 7) is 4.33. The average molecular weight is 300 g/mol. The Balaban J connectivity index is 2.36. The Hall–Kier alpha value is -1.46. The number of nitrogens with two attached hydrogens (primary N) is 1. The van der Waals surface area contributed by atoms with Crippen molar-refractivity contribution in [2.24, 2.45) is 11.1 Å². The molecular weight excluding hydrogens is 272 g/mol. The summed E-state index contributed by atoms with van der Waals surface area (Å²) in [6.07, 6.45) is 6.11. The quantitative estimate of drug-likeness (QED) is 0.756. The van der Waals surface area contributed by atoms with E-state index in [1.807, 2.05) is 13.8 Å². The summed E-state index contributed by atoms with van der Waals surface area (Å²) in [5, 5.41) is 2.90. The van der Waals surface area contributed by atoms with Crippen molar-refractivity contribution in [3.05, 3.63) is 0 Å². The number of carbonyl (C=O) groups excluding carboxylic acids is 2. The Morgan fingerprint density at radius 2 is 1.81 bits per heavy atom. The third-order valence-corrected chi connectivity index (χ3v) is 3.90. The lowest BCUT2D eigenvalue weighted by Crippen LogP contribution is -2.39. The number of amides is 2. The standard InChI is InChI=1S/C15H28N2O4/c1-3-9-15(2,10-20-13(16)18)11-21-14(19)17-12-7-5-4-6-8-12/h12H,3-11H2,1-2H3,(H2,16,18)(H,17,19). The lowest BCUT2D eigenvalue weighted by molar-refractivity contribution is 0.0325. The van der Waals surface area contributed by atoms with Crippen LogP contribution in [0.25, 0.3) is 0 Å². The monoisotopic (exact) mass is 300 g/mol. The molecule has 122 valence electrons. The molecule has 1 rings (SSSR count). The molecule has 2 amide bonds. The number of nitrogens with one attached hydrogen (secondary N) is 1. The van der Waals surface area contributed by atoms with Gasteiger partial charge in [0.25, 0.3) is 0 Å². The van der Waals surface area contributed by atoms with Gasteiger partial charge in [0, 0.05) is 11.5 Å². The maximum Gasteiger partial charge on any atom is 0.407 e. The Bertz CT molecular complexity index is 343. The van der Waals surface area contributed by atoms with Gasteiger partial charge in [-0.15, -0.1) is 0 Å². The van der Waals surface area contributed by atoms with Gasteiger partial charge in [0.2, 0.25) is 0 Å². The van der Waals surface area contributed by atoms with Gasteiger partial charge in [-0.25, -0.2) is 9.59 Å². The Labute approximate surface area is 126 Å². The predicted molar refractivity (Wildman–Crippen MR) is 79.9 cm³/mol. The van der Waals surface area contributed by atoms with E-state index >= 15 is 0 Å². The summed E-state index contributed by atoms with van der Waals surface area (Å²) in [5.74, 6) is 0. The molecule has 0 saturated heterocycles. The van der Waals surface area contributed by atoms with E-state index in [0.29, 0.717) is 0 Å². The molecule has 6 nitrogen and oxygen atoms in total. The van der Waals surface area contributed by atoms with Crippen molar-refractivity contribution in [2.75, 3.05) is 13.2 Å². The van der Waals surface area contributed by atoms with E-state index in [0.717, 1.165) is 38.5 Å². The van der Waals surface area contributed by atoms with Crippen LogP contribution >= 0.6 is 0 Å². The van der Waals surface area contributed by atoms with Crippen molar-refractivity contribution >= 4 is 12.2 Å². The third-order valence-electron chi connectivity index (χ3n) is 3.90. The van der Waals surface area contributed by atoms with Crippen LogP contribution in [0.5, 0.6) is 0 Å². The molecule has 21 heavy (non-hydrogen) atoms. The van der Waals surface area contributed by atoms with Crippen LogP contribution in [0.2, 0.25) is 0 Å². The lowest BCUT2D eigenvalue weighted by Gasteiger charge is -2.28. The van der Waals surface area contributed by atoms with Gasteiger partial charge in [0.1, 0.15) is 13.2 Å². The molecule has 1 aliphatic carbocycles. The number of alkyl carbamates (subject to hydrolysis) is 1. The van der Waals surface area contributed by atoms with Gasteiger partial charge < -0.3 is 20.5 Å². The van der Waals surface area contributed by atoms with Crippen LogP contribution in [-0.2, 0) is 9.47 Å². The number of hydrogen-bond donors (Lipinski definition) is 2. The number of rotatable bonds is 7. The number of primary amides is 1. The first-order valence-electron chi connectivity index (χ1n) is 7.81. The van der Waals surface area contributed by atoms with Crippen LogP contribution in [-0.4, -0.2) is 31.4 Å². The lowest BCUT2D eigenvalue weighted by atomic mass is 9.87. The maximum atomic E-state index is 11.8. The molecule has 6 heteroatoms. The Morgan fingerprint density at radius 3 is 2.38 bits per heavy atom. The fraction of sp³-hybridized carbons (Fsp3) is 0.867. The fourth-order valence-corrected chi connectivity index (χ4v) is 2.73. The summed E-state index contributed by atoms with van der Waals surface area (Å²) < 4.78 is 10.2. The molecule has 0 radical (unpaired) electrons. The molecule has 0 heterocycles. The van der Waals surface area contributed by atoms with Crippen molar-refractivity contribution in [1.29, 1.82) is 0 Å². The van der Waals surface area contributed by atoms with Crippen molar-refractivity contribution in [2.45, 2.75) is 64.8 Å². The predicted octanol–water partition coefficient (Wildman–Crippen LogP) is 2.95. The molecule has 0 aromatic carbocycles. The molecule has 1 atom stereocenters. The summed E-state index contributed by atoms with van der Waals surface area (Å²) in [7, 11) is 0. The minimum Gasteiger partial charge on any atom is -0.449 e. The van der Waals surface area contributed by atoms with E-state index in [9.17, 15) is 9.59 Å². The summed E-state index contributed by atoms with van der Waals surface area (Å²) in [4.78, 5) is 22.6. The zero-order valence-electron chi connectivity index (χ0n) is 13.2. The van der Waals surface area contributed by atoms with Crippen molar-refractivity contribution < 1.29 is 19.1 Å². The van der Waals surface area contributed by atoms with E-state index < -0.39 is 11.5 Å². The zero-order valence-corrected chi connectivity index (χ0v) is 13.2. The topological polar surface area (TPSA) is 90.7 Å². The Morgan fingerprint density at radius 1 is 1.19 bits per heavy atom. The van der Waals surface area contributed by atoms with E-state index in [4.69, 9.17) is 15.2 Å². The van der Waals surface area contributed by atoms with Gasteiger partial charge in [-0.2, -0.15) is 0 Å². The molecule has 1 unspecified atom stereocenters. The highest BCUT2D eigenvalue weighted by Crippen LogP contribution is 2.24. The van der Waals surface area contributed by atoms with E-state index in [-0.39, 0.29) is 25.3 Å². The van der Waals surface area contributed by atoms with Gasteiger partial charge >= 0.3 is 12.2 Å². The first kappa shape index (κ1) is 17.6. The normalized spacial score (nSPS) is 18.6. The van der Waals surface area contributed by atoms with E-state index in [1.54, 1.807) is 0 Å². The van der Waals surface area contributed by atoms with E-state index in [1.165, 1.54) is 6.42 Å². The second-order valence-electron chi connectivity index (χ2n) is 6.22. The van der Waals surface area contributed by atoms with Gasteiger partial charge in [0.05, 0.1) is 0 Å². The minimum atomic E-state index is -0.802. The van der Waals surface area contributed by atoms with Crippen LogP contribution in [0.15, 0.2) is 0 Å². The SMILES string of the molecule is CCCC(C)(COC(N)=O)COC(=O)NC1CCCCC1. The highest BCUT2D eigenvalue weighted by molar-refractivity contribution is 5.67. The number of carbonyl (C=O) groups is 2. The molecular formula is C15H28N2O4. The van der Waals surface area contributed by atoms with Crippen molar-refractivity contribution in [1.82, 2.24) is 5.32 Å². The molecule has 0 aromatic heterocycles. The zero-order chi connectivity index (χ0) is 15.7. The van der Waals surface area contributed by atoms with Crippen LogP contribution in [0.1, 0.15) is 58.8 Å². The second-order valence-corrected chi connectivity index (χ2v) is 6.22. The highest BCUT2D eigenvalue weighted by atomic mass is 16.6. The van der Waals surface area contributed by atoms with Gasteiger partial charge in [-0.05, 0) is 19.3 Å². The first-order chi connectivity index (χ1) is 9.95. The third kappa shape index (κ3) is 7.20. The smallest absolute Gasteiger partial charge is 0.407 e. The molecule has 0 spiro atoms. The average Bonchev–Trinajstić information content (AvgIpc) is 2.45. The minimum absolute atomic E-state index is 0.160. The number of hydrogen-bond acceptors (Lipinski definition) is 4. The van der Waals surface area contributed by atoms with Crippen molar-refractivity contribution in [3.63, 3.8) is 0 Å². The van der Waals surface area contributed by atoms with Crippen LogP contribution in [0, 0.1) is 5.41 Å². The fourth-order valence-electron chi connectivity index (χ4n) is 2.73. The van der Waals surface area contributed by atoms with Crippen LogP contribution in [0.4, 0.5) is 9.59 Å².